The molecule has 0 radical (unpaired) electrons. The summed E-state index contributed by atoms with van der Waals surface area (Å²) >= 11 is 0. The van der Waals surface area contributed by atoms with Gasteiger partial charge in [-0.2, -0.15) is 0 Å². The molecule has 1 fully saturated rings. The minimum Gasteiger partial charge on any atom is -0.388 e. The fraction of sp³-hybridized carbons (Fsp3) is 0.647. The highest BCUT2D eigenvalue weighted by molar-refractivity contribution is 5.17. The minimum atomic E-state index is -0.324. The Morgan fingerprint density at radius 2 is 1.84 bits per heavy atom. The van der Waals surface area contributed by atoms with Gasteiger partial charge >= 0.3 is 0 Å². The average molecular weight is 261 g/mol. The van der Waals surface area contributed by atoms with Gasteiger partial charge in [0, 0.05) is 13.1 Å². The molecule has 2 heteroatoms. The summed E-state index contributed by atoms with van der Waals surface area (Å²) in [5.41, 5.74) is 1.04. The van der Waals surface area contributed by atoms with Crippen molar-refractivity contribution in [1.29, 1.82) is 0 Å². The molecule has 1 aliphatic rings. The van der Waals surface area contributed by atoms with Crippen LogP contribution in [0, 0.1) is 5.92 Å². The third-order valence-electron chi connectivity index (χ3n) is 4.26. The maximum Gasteiger partial charge on any atom is 0.0802 e. The molecule has 1 N–H and O–H groups in total. The van der Waals surface area contributed by atoms with Crippen molar-refractivity contribution < 1.29 is 5.11 Å². The van der Waals surface area contributed by atoms with Crippen LogP contribution in [0.4, 0.5) is 0 Å². The van der Waals surface area contributed by atoms with Crippen molar-refractivity contribution in [1.82, 2.24) is 4.90 Å². The van der Waals surface area contributed by atoms with Gasteiger partial charge in [-0.25, -0.2) is 0 Å². The molecule has 0 aromatic heterocycles. The van der Waals surface area contributed by atoms with Crippen molar-refractivity contribution in [3.63, 3.8) is 0 Å². The third kappa shape index (κ3) is 4.96. The fourth-order valence-corrected chi connectivity index (χ4v) is 3.09. The number of nitrogens with zero attached hydrogens (tertiary/aromatic N) is 1. The van der Waals surface area contributed by atoms with Crippen LogP contribution in [-0.2, 0) is 0 Å². The molecule has 1 aromatic rings. The van der Waals surface area contributed by atoms with Crippen molar-refractivity contribution in [2.75, 3.05) is 20.1 Å². The van der Waals surface area contributed by atoms with Gasteiger partial charge in [-0.05, 0) is 37.8 Å². The molecule has 1 atom stereocenters. The van der Waals surface area contributed by atoms with Gasteiger partial charge in [-0.3, -0.25) is 0 Å². The highest BCUT2D eigenvalue weighted by atomic mass is 16.3. The molecule has 0 bridgehead atoms. The highest BCUT2D eigenvalue weighted by Crippen LogP contribution is 2.24. The molecule has 1 unspecified atom stereocenters. The van der Waals surface area contributed by atoms with E-state index in [-0.39, 0.29) is 6.10 Å². The molecular formula is C17H27NO. The Labute approximate surface area is 117 Å². The molecule has 0 spiro atoms. The predicted octanol–water partition coefficient (Wildman–Crippen LogP) is 3.62. The third-order valence-corrected chi connectivity index (χ3v) is 4.26. The van der Waals surface area contributed by atoms with Gasteiger partial charge in [0.05, 0.1) is 6.10 Å². The van der Waals surface area contributed by atoms with E-state index in [1.165, 1.54) is 38.6 Å². The van der Waals surface area contributed by atoms with Crippen LogP contribution in [0.25, 0.3) is 0 Å². The Bertz CT molecular complexity index is 346. The summed E-state index contributed by atoms with van der Waals surface area (Å²) in [6, 6.07) is 9.98. The Morgan fingerprint density at radius 1 is 1.16 bits per heavy atom. The van der Waals surface area contributed by atoms with E-state index < -0.39 is 0 Å². The SMILES string of the molecule is CN(CCC(O)c1ccccc1)CC1CCCCC1. The first-order chi connectivity index (χ1) is 9.25. The lowest BCUT2D eigenvalue weighted by atomic mass is 9.89. The van der Waals surface area contributed by atoms with Crippen LogP contribution >= 0.6 is 0 Å². The predicted molar refractivity (Wildman–Crippen MR) is 80.1 cm³/mol. The van der Waals surface area contributed by atoms with E-state index in [1.807, 2.05) is 30.3 Å². The molecule has 2 rings (SSSR count). The average Bonchev–Trinajstić information content (AvgIpc) is 2.47. The van der Waals surface area contributed by atoms with Crippen LogP contribution in [0.15, 0.2) is 30.3 Å². The lowest BCUT2D eigenvalue weighted by molar-refractivity contribution is 0.140. The second-order valence-corrected chi connectivity index (χ2v) is 5.98. The molecular weight excluding hydrogens is 234 g/mol. The molecule has 0 saturated heterocycles. The zero-order valence-corrected chi connectivity index (χ0v) is 12.1. The van der Waals surface area contributed by atoms with Gasteiger partial charge in [-0.1, -0.05) is 49.6 Å². The Morgan fingerprint density at radius 3 is 2.53 bits per heavy atom. The van der Waals surface area contributed by atoms with Gasteiger partial charge in [0.15, 0.2) is 0 Å². The van der Waals surface area contributed by atoms with E-state index in [0.717, 1.165) is 24.4 Å². The Hall–Kier alpha value is -0.860. The summed E-state index contributed by atoms with van der Waals surface area (Å²) in [6.07, 6.45) is 7.53. The number of hydrogen-bond donors (Lipinski definition) is 1. The second-order valence-electron chi connectivity index (χ2n) is 5.98. The minimum absolute atomic E-state index is 0.324. The molecule has 106 valence electrons. The lowest BCUT2D eigenvalue weighted by Crippen LogP contribution is -2.28. The maximum atomic E-state index is 10.1. The topological polar surface area (TPSA) is 23.5 Å². The summed E-state index contributed by atoms with van der Waals surface area (Å²) in [6.45, 7) is 2.17. The first-order valence-electron chi connectivity index (χ1n) is 7.67. The smallest absolute Gasteiger partial charge is 0.0802 e. The second kappa shape index (κ2) is 7.66. The number of rotatable bonds is 6. The summed E-state index contributed by atoms with van der Waals surface area (Å²) in [5.74, 6) is 0.882. The van der Waals surface area contributed by atoms with E-state index in [4.69, 9.17) is 0 Å². The molecule has 2 nitrogen and oxygen atoms in total. The van der Waals surface area contributed by atoms with Gasteiger partial charge in [0.1, 0.15) is 0 Å². The Kier molecular flexibility index (Phi) is 5.87. The van der Waals surface area contributed by atoms with Crippen LogP contribution < -0.4 is 0 Å². The van der Waals surface area contributed by atoms with Crippen LogP contribution in [0.3, 0.4) is 0 Å². The molecule has 1 saturated carbocycles. The molecule has 1 aromatic carbocycles. The largest absolute Gasteiger partial charge is 0.388 e. The zero-order chi connectivity index (χ0) is 13.5. The molecule has 0 amide bonds. The first-order valence-corrected chi connectivity index (χ1v) is 7.67. The van der Waals surface area contributed by atoms with Gasteiger partial charge < -0.3 is 10.0 Å². The quantitative estimate of drug-likeness (QED) is 0.845. The highest BCUT2D eigenvalue weighted by Gasteiger charge is 2.16. The van der Waals surface area contributed by atoms with Crippen LogP contribution in [0.1, 0.15) is 50.2 Å². The van der Waals surface area contributed by atoms with Gasteiger partial charge in [0.25, 0.3) is 0 Å². The number of hydrogen-bond acceptors (Lipinski definition) is 2. The Balaban J connectivity index is 1.69. The van der Waals surface area contributed by atoms with Gasteiger partial charge in [0.2, 0.25) is 0 Å². The van der Waals surface area contributed by atoms with Crippen molar-refractivity contribution >= 4 is 0 Å². The van der Waals surface area contributed by atoms with Crippen LogP contribution in [0.5, 0.6) is 0 Å². The van der Waals surface area contributed by atoms with E-state index in [9.17, 15) is 5.11 Å². The number of benzene rings is 1. The monoisotopic (exact) mass is 261 g/mol. The van der Waals surface area contributed by atoms with Crippen LogP contribution in [-0.4, -0.2) is 30.1 Å². The number of aliphatic hydroxyl groups is 1. The summed E-state index contributed by atoms with van der Waals surface area (Å²) in [5, 5.41) is 10.1. The van der Waals surface area contributed by atoms with E-state index in [0.29, 0.717) is 0 Å². The van der Waals surface area contributed by atoms with Crippen molar-refractivity contribution in [2.24, 2.45) is 5.92 Å². The van der Waals surface area contributed by atoms with E-state index in [1.54, 1.807) is 0 Å². The molecule has 0 heterocycles. The normalized spacial score (nSPS) is 18.7. The fourth-order valence-electron chi connectivity index (χ4n) is 3.09. The number of aliphatic hydroxyl groups excluding tert-OH is 1. The van der Waals surface area contributed by atoms with Gasteiger partial charge in [-0.15, -0.1) is 0 Å². The summed E-state index contributed by atoms with van der Waals surface area (Å²) < 4.78 is 0. The van der Waals surface area contributed by atoms with Crippen molar-refractivity contribution in [3.8, 4) is 0 Å². The van der Waals surface area contributed by atoms with E-state index in [2.05, 4.69) is 11.9 Å². The molecule has 19 heavy (non-hydrogen) atoms. The summed E-state index contributed by atoms with van der Waals surface area (Å²) in [4.78, 5) is 2.39. The zero-order valence-electron chi connectivity index (χ0n) is 12.1. The van der Waals surface area contributed by atoms with Crippen molar-refractivity contribution in [2.45, 2.75) is 44.6 Å². The van der Waals surface area contributed by atoms with Crippen molar-refractivity contribution in [3.05, 3.63) is 35.9 Å². The van der Waals surface area contributed by atoms with Crippen LogP contribution in [0.2, 0.25) is 0 Å². The standard InChI is InChI=1S/C17H27NO/c1-18(14-15-8-4-2-5-9-15)13-12-17(19)16-10-6-3-7-11-16/h3,6-7,10-11,15,17,19H,2,4-5,8-9,12-14H2,1H3. The molecule has 1 aliphatic carbocycles. The molecule has 0 aliphatic heterocycles. The lowest BCUT2D eigenvalue weighted by Gasteiger charge is -2.27. The van der Waals surface area contributed by atoms with E-state index >= 15 is 0 Å². The summed E-state index contributed by atoms with van der Waals surface area (Å²) in [7, 11) is 2.19. The maximum absolute atomic E-state index is 10.1. The first kappa shape index (κ1) is 14.5.